The molecule has 3 amide bonds. The van der Waals surface area contributed by atoms with Crippen LogP contribution in [0.25, 0.3) is 11.4 Å². The molecule has 0 bridgehead atoms. The van der Waals surface area contributed by atoms with Crippen molar-refractivity contribution in [1.29, 1.82) is 0 Å². The van der Waals surface area contributed by atoms with Crippen LogP contribution < -0.4 is 10.2 Å². The zero-order valence-electron chi connectivity index (χ0n) is 21.2. The molecule has 4 aromatic rings. The number of amides is 3. The fourth-order valence-electron chi connectivity index (χ4n) is 5.30. The summed E-state index contributed by atoms with van der Waals surface area (Å²) in [5, 5.41) is 3.18. The fourth-order valence-corrected chi connectivity index (χ4v) is 5.50. The minimum absolute atomic E-state index is 0.246. The van der Waals surface area contributed by atoms with E-state index in [2.05, 4.69) is 63.7 Å². The lowest BCUT2D eigenvalue weighted by atomic mass is 10.0. The van der Waals surface area contributed by atoms with Crippen LogP contribution in [0.15, 0.2) is 72.9 Å². The number of hydrogen-bond acceptors (Lipinski definition) is 4. The highest BCUT2D eigenvalue weighted by Gasteiger charge is 2.27. The molecule has 1 saturated heterocycles. The van der Waals surface area contributed by atoms with E-state index >= 15 is 0 Å². The molecule has 3 heterocycles. The number of anilines is 1. The highest BCUT2D eigenvalue weighted by molar-refractivity contribution is 6.31. The normalized spacial score (nSPS) is 15.6. The van der Waals surface area contributed by atoms with E-state index < -0.39 is 6.03 Å². The van der Waals surface area contributed by atoms with Crippen LogP contribution in [0.3, 0.4) is 0 Å². The molecule has 0 radical (unpaired) electrons. The first-order chi connectivity index (χ1) is 18.4. The number of carbonyl (C=O) groups excluding carboxylic acids is 2. The average molecular weight is 526 g/mol. The molecule has 0 atom stereocenters. The van der Waals surface area contributed by atoms with Gasteiger partial charge in [0.1, 0.15) is 11.6 Å². The summed E-state index contributed by atoms with van der Waals surface area (Å²) in [5.74, 6) is 1.22. The molecule has 0 unspecified atom stereocenters. The number of rotatable bonds is 6. The molecule has 1 N–H and O–H groups in total. The van der Waals surface area contributed by atoms with Crippen molar-refractivity contribution >= 4 is 29.4 Å². The minimum atomic E-state index is -0.405. The largest absolute Gasteiger partial charge is 0.329 e. The van der Waals surface area contributed by atoms with Crippen molar-refractivity contribution in [3.05, 3.63) is 106 Å². The minimum Gasteiger partial charge on any atom is -0.314 e. The average Bonchev–Trinajstić information content (AvgIpc) is 3.48. The number of carbonyl (C=O) groups is 2. The number of nitrogens with one attached hydrogen (secondary N) is 1. The highest BCUT2D eigenvalue weighted by atomic mass is 35.5. The van der Waals surface area contributed by atoms with Crippen molar-refractivity contribution < 1.29 is 9.59 Å². The number of hydrogen-bond donors (Lipinski definition) is 1. The molecule has 192 valence electrons. The smallest absolute Gasteiger partial charge is 0.314 e. The number of benzene rings is 3. The predicted molar refractivity (Wildman–Crippen MR) is 148 cm³/mol. The third-order valence-corrected chi connectivity index (χ3v) is 7.70. The van der Waals surface area contributed by atoms with E-state index in [1.165, 1.54) is 22.3 Å². The van der Waals surface area contributed by atoms with Crippen LogP contribution in [0.4, 0.5) is 10.6 Å². The van der Waals surface area contributed by atoms with E-state index in [4.69, 9.17) is 11.6 Å². The first-order valence-corrected chi connectivity index (χ1v) is 13.1. The van der Waals surface area contributed by atoms with Gasteiger partial charge in [-0.25, -0.2) is 9.78 Å². The van der Waals surface area contributed by atoms with Gasteiger partial charge in [-0.15, -0.1) is 0 Å². The lowest BCUT2D eigenvalue weighted by Crippen LogP contribution is -2.50. The number of halogens is 1. The number of urea groups is 1. The van der Waals surface area contributed by atoms with Crippen LogP contribution in [0.1, 0.15) is 34.2 Å². The van der Waals surface area contributed by atoms with Gasteiger partial charge >= 0.3 is 6.03 Å². The van der Waals surface area contributed by atoms with Gasteiger partial charge in [-0.2, -0.15) is 0 Å². The van der Waals surface area contributed by atoms with Crippen molar-refractivity contribution in [1.82, 2.24) is 19.8 Å². The Bertz CT molecular complexity index is 1530. The van der Waals surface area contributed by atoms with Crippen molar-refractivity contribution in [2.75, 3.05) is 11.4 Å². The number of fused-ring (bicyclic) bond motifs is 1. The lowest BCUT2D eigenvalue weighted by molar-refractivity contribution is -0.120. The SMILES string of the molecule is Cn1c(N2CCC(=O)NC2=O)cnc1-c1ccc2c(c1)CN(Cc1ccc(Cc3ccccc3Cl)cc1)C2. The topological polar surface area (TPSA) is 70.5 Å². The molecule has 7 nitrogen and oxygen atoms in total. The molecular weight excluding hydrogens is 498 g/mol. The van der Waals surface area contributed by atoms with E-state index in [1.54, 1.807) is 11.1 Å². The Balaban J connectivity index is 1.12. The van der Waals surface area contributed by atoms with E-state index in [-0.39, 0.29) is 12.3 Å². The lowest BCUT2D eigenvalue weighted by Gasteiger charge is -2.26. The van der Waals surface area contributed by atoms with Gasteiger partial charge < -0.3 is 4.57 Å². The van der Waals surface area contributed by atoms with Crippen molar-refractivity contribution in [2.45, 2.75) is 32.5 Å². The van der Waals surface area contributed by atoms with E-state index in [1.807, 2.05) is 29.8 Å². The summed E-state index contributed by atoms with van der Waals surface area (Å²) < 4.78 is 1.91. The van der Waals surface area contributed by atoms with Crippen molar-refractivity contribution in [3.63, 3.8) is 0 Å². The van der Waals surface area contributed by atoms with Crippen molar-refractivity contribution in [3.8, 4) is 11.4 Å². The van der Waals surface area contributed by atoms with E-state index in [9.17, 15) is 9.59 Å². The molecular formula is C30H28ClN5O2. The van der Waals surface area contributed by atoms with Crippen LogP contribution in [0.5, 0.6) is 0 Å². The molecule has 3 aromatic carbocycles. The maximum Gasteiger partial charge on any atom is 0.329 e. The van der Waals surface area contributed by atoms with Crippen LogP contribution in [0.2, 0.25) is 5.02 Å². The van der Waals surface area contributed by atoms with Crippen LogP contribution in [0, 0.1) is 0 Å². The second-order valence-electron chi connectivity index (χ2n) is 9.97. The fraction of sp³-hybridized carbons (Fsp3) is 0.233. The second kappa shape index (κ2) is 10.1. The molecule has 1 fully saturated rings. The summed E-state index contributed by atoms with van der Waals surface area (Å²) in [5.41, 5.74) is 7.31. The third kappa shape index (κ3) is 4.83. The van der Waals surface area contributed by atoms with Gasteiger partial charge in [-0.1, -0.05) is 66.2 Å². The summed E-state index contributed by atoms with van der Waals surface area (Å²) in [4.78, 5) is 32.4. The second-order valence-corrected chi connectivity index (χ2v) is 10.4. The Morgan fingerprint density at radius 1 is 0.947 bits per heavy atom. The van der Waals surface area contributed by atoms with Gasteiger partial charge in [0, 0.05) is 50.2 Å². The molecule has 0 saturated carbocycles. The van der Waals surface area contributed by atoms with E-state index in [0.29, 0.717) is 12.4 Å². The van der Waals surface area contributed by atoms with Gasteiger partial charge in [-0.05, 0) is 46.4 Å². The Morgan fingerprint density at radius 3 is 2.50 bits per heavy atom. The number of imide groups is 1. The maximum absolute atomic E-state index is 12.3. The number of aromatic nitrogens is 2. The van der Waals surface area contributed by atoms with Crippen LogP contribution in [-0.4, -0.2) is 32.9 Å². The standard InChI is InChI=1S/C30H28ClN5O2/c1-34-28(36-13-12-27(37)33-30(36)38)16-32-29(34)23-10-11-24-18-35(19-25(24)15-23)17-21-8-6-20(7-9-21)14-22-4-2-3-5-26(22)31/h2-11,15-16H,12-14,17-19H2,1H3,(H,33,37,38). The first-order valence-electron chi connectivity index (χ1n) is 12.7. The summed E-state index contributed by atoms with van der Waals surface area (Å²) in [6, 6.07) is 22.9. The van der Waals surface area contributed by atoms with Gasteiger partial charge in [0.25, 0.3) is 0 Å². The van der Waals surface area contributed by atoms with Crippen LogP contribution in [-0.2, 0) is 37.9 Å². The quantitative estimate of drug-likeness (QED) is 0.371. The molecule has 0 aliphatic carbocycles. The summed E-state index contributed by atoms with van der Waals surface area (Å²) in [6.07, 6.45) is 2.80. The molecule has 8 heteroatoms. The summed E-state index contributed by atoms with van der Waals surface area (Å²) in [7, 11) is 1.90. The zero-order chi connectivity index (χ0) is 26.2. The molecule has 1 aromatic heterocycles. The molecule has 38 heavy (non-hydrogen) atoms. The van der Waals surface area contributed by atoms with Crippen LogP contribution >= 0.6 is 11.6 Å². The summed E-state index contributed by atoms with van der Waals surface area (Å²) >= 11 is 6.33. The molecule has 2 aliphatic rings. The molecule has 6 rings (SSSR count). The van der Waals surface area contributed by atoms with Gasteiger partial charge in [0.05, 0.1) is 6.20 Å². The Labute approximate surface area is 226 Å². The number of nitrogens with zero attached hydrogens (tertiary/aromatic N) is 4. The highest BCUT2D eigenvalue weighted by Crippen LogP contribution is 2.31. The Morgan fingerprint density at radius 2 is 1.71 bits per heavy atom. The third-order valence-electron chi connectivity index (χ3n) is 7.33. The van der Waals surface area contributed by atoms with Crippen molar-refractivity contribution in [2.24, 2.45) is 7.05 Å². The number of imidazole rings is 1. The zero-order valence-corrected chi connectivity index (χ0v) is 21.9. The van der Waals surface area contributed by atoms with Gasteiger partial charge in [0.15, 0.2) is 0 Å². The van der Waals surface area contributed by atoms with Gasteiger partial charge in [0.2, 0.25) is 5.91 Å². The molecule has 0 spiro atoms. The molecule has 2 aliphatic heterocycles. The first kappa shape index (κ1) is 24.4. The van der Waals surface area contributed by atoms with E-state index in [0.717, 1.165) is 48.0 Å². The predicted octanol–water partition coefficient (Wildman–Crippen LogP) is 5.29. The van der Waals surface area contributed by atoms with Gasteiger partial charge in [-0.3, -0.25) is 19.9 Å². The Kier molecular flexibility index (Phi) is 6.47. The maximum atomic E-state index is 12.3. The Hall–Kier alpha value is -3.94. The summed E-state index contributed by atoms with van der Waals surface area (Å²) in [6.45, 7) is 3.01. The monoisotopic (exact) mass is 525 g/mol.